The molecule has 1 aliphatic rings. The maximum atomic E-state index is 11.9. The molecular formula is C15H21NO2. The number of hydrogen-bond donors (Lipinski definition) is 2. The molecule has 0 bridgehead atoms. The third kappa shape index (κ3) is 3.33. The van der Waals surface area contributed by atoms with E-state index in [0.717, 1.165) is 42.5 Å². The summed E-state index contributed by atoms with van der Waals surface area (Å²) in [6.07, 6.45) is 3.74. The third-order valence-electron chi connectivity index (χ3n) is 3.53. The number of carbonyl (C=O) groups is 1. The second kappa shape index (κ2) is 5.11. The highest BCUT2D eigenvalue weighted by atomic mass is 16.3. The van der Waals surface area contributed by atoms with Crippen molar-refractivity contribution in [2.24, 2.45) is 0 Å². The molecule has 2 N–H and O–H groups in total. The third-order valence-corrected chi connectivity index (χ3v) is 3.53. The minimum atomic E-state index is -0.775. The van der Waals surface area contributed by atoms with Gasteiger partial charge < -0.3 is 10.4 Å². The molecule has 1 aromatic rings. The number of aryl methyl sites for hydroxylation is 2. The molecule has 0 atom stereocenters. The number of hydrogen-bond acceptors (Lipinski definition) is 2. The van der Waals surface area contributed by atoms with Gasteiger partial charge in [0.15, 0.2) is 0 Å². The number of benzene rings is 1. The van der Waals surface area contributed by atoms with Crippen molar-refractivity contribution in [2.45, 2.75) is 51.6 Å². The zero-order valence-electron chi connectivity index (χ0n) is 11.1. The van der Waals surface area contributed by atoms with Crippen molar-refractivity contribution in [1.29, 1.82) is 0 Å². The van der Waals surface area contributed by atoms with Crippen LogP contribution in [0.1, 0.15) is 43.2 Å². The predicted octanol–water partition coefficient (Wildman–Crippen LogP) is 2.94. The summed E-state index contributed by atoms with van der Waals surface area (Å²) < 4.78 is 0. The molecule has 0 aromatic heterocycles. The maximum absolute atomic E-state index is 11.9. The topological polar surface area (TPSA) is 49.3 Å². The molecule has 1 fully saturated rings. The van der Waals surface area contributed by atoms with E-state index in [1.54, 1.807) is 0 Å². The first-order valence-electron chi connectivity index (χ1n) is 6.57. The van der Waals surface area contributed by atoms with Gasteiger partial charge in [-0.05, 0) is 49.9 Å². The van der Waals surface area contributed by atoms with Gasteiger partial charge in [-0.15, -0.1) is 0 Å². The molecule has 1 aliphatic carbocycles. The Morgan fingerprint density at radius 2 is 1.78 bits per heavy atom. The van der Waals surface area contributed by atoms with Gasteiger partial charge in [-0.1, -0.05) is 18.9 Å². The van der Waals surface area contributed by atoms with Crippen LogP contribution in [-0.4, -0.2) is 16.6 Å². The molecule has 1 aromatic carbocycles. The van der Waals surface area contributed by atoms with Crippen molar-refractivity contribution in [3.8, 4) is 0 Å². The number of anilines is 1. The molecule has 2 rings (SSSR count). The fourth-order valence-electron chi connectivity index (χ4n) is 2.76. The van der Waals surface area contributed by atoms with Crippen LogP contribution in [0.3, 0.4) is 0 Å². The van der Waals surface area contributed by atoms with Crippen LogP contribution < -0.4 is 5.32 Å². The Balaban J connectivity index is 1.98. The lowest BCUT2D eigenvalue weighted by Gasteiger charge is -2.21. The maximum Gasteiger partial charge on any atom is 0.227 e. The van der Waals surface area contributed by atoms with Gasteiger partial charge in [0.05, 0.1) is 12.0 Å². The van der Waals surface area contributed by atoms with Gasteiger partial charge in [-0.3, -0.25) is 4.79 Å². The van der Waals surface area contributed by atoms with Gasteiger partial charge in [-0.2, -0.15) is 0 Å². The summed E-state index contributed by atoms with van der Waals surface area (Å²) in [5, 5.41) is 13.1. The molecule has 1 amide bonds. The van der Waals surface area contributed by atoms with Crippen LogP contribution in [0.2, 0.25) is 0 Å². The van der Waals surface area contributed by atoms with Crippen molar-refractivity contribution >= 4 is 11.6 Å². The number of nitrogens with one attached hydrogen (secondary N) is 1. The number of aliphatic hydroxyl groups is 1. The highest BCUT2D eigenvalue weighted by molar-refractivity contribution is 5.91. The summed E-state index contributed by atoms with van der Waals surface area (Å²) in [6, 6.07) is 5.97. The molecule has 98 valence electrons. The Morgan fingerprint density at radius 3 is 2.33 bits per heavy atom. The summed E-state index contributed by atoms with van der Waals surface area (Å²) in [6.45, 7) is 4.01. The van der Waals surface area contributed by atoms with Gasteiger partial charge in [0.1, 0.15) is 0 Å². The van der Waals surface area contributed by atoms with Gasteiger partial charge in [0.25, 0.3) is 0 Å². The number of carbonyl (C=O) groups excluding carboxylic acids is 1. The average Bonchev–Trinajstić information content (AvgIpc) is 2.62. The van der Waals surface area contributed by atoms with Gasteiger partial charge in [-0.25, -0.2) is 0 Å². The van der Waals surface area contributed by atoms with Crippen LogP contribution >= 0.6 is 0 Å². The van der Waals surface area contributed by atoms with Gasteiger partial charge >= 0.3 is 0 Å². The SMILES string of the molecule is Cc1cc(C)cc(NC(=O)CC2(O)CCCC2)c1. The van der Waals surface area contributed by atoms with Crippen molar-refractivity contribution in [3.63, 3.8) is 0 Å². The highest BCUT2D eigenvalue weighted by Crippen LogP contribution is 2.32. The largest absolute Gasteiger partial charge is 0.389 e. The number of rotatable bonds is 3. The summed E-state index contributed by atoms with van der Waals surface area (Å²) in [4.78, 5) is 11.9. The monoisotopic (exact) mass is 247 g/mol. The Kier molecular flexibility index (Phi) is 3.71. The summed E-state index contributed by atoms with van der Waals surface area (Å²) in [5.74, 6) is -0.0931. The molecular weight excluding hydrogens is 226 g/mol. The summed E-state index contributed by atoms with van der Waals surface area (Å²) in [5.41, 5.74) is 2.30. The van der Waals surface area contributed by atoms with Crippen LogP contribution in [0, 0.1) is 13.8 Å². The molecule has 18 heavy (non-hydrogen) atoms. The lowest BCUT2D eigenvalue weighted by molar-refractivity contribution is -0.120. The average molecular weight is 247 g/mol. The highest BCUT2D eigenvalue weighted by Gasteiger charge is 2.33. The first kappa shape index (κ1) is 13.1. The molecule has 0 heterocycles. The second-order valence-electron chi connectivity index (χ2n) is 5.53. The van der Waals surface area contributed by atoms with Crippen LogP contribution in [0.25, 0.3) is 0 Å². The minimum absolute atomic E-state index is 0.0931. The molecule has 0 radical (unpaired) electrons. The first-order valence-corrected chi connectivity index (χ1v) is 6.57. The van der Waals surface area contributed by atoms with E-state index in [-0.39, 0.29) is 12.3 Å². The smallest absolute Gasteiger partial charge is 0.227 e. The Labute approximate surface area is 108 Å². The molecule has 3 nitrogen and oxygen atoms in total. The molecule has 0 spiro atoms. The van der Waals surface area contributed by atoms with Crippen molar-refractivity contribution < 1.29 is 9.90 Å². The van der Waals surface area contributed by atoms with Gasteiger partial charge in [0, 0.05) is 5.69 Å². The summed E-state index contributed by atoms with van der Waals surface area (Å²) in [7, 11) is 0. The first-order chi connectivity index (χ1) is 8.47. The van der Waals surface area contributed by atoms with E-state index in [0.29, 0.717) is 0 Å². The van der Waals surface area contributed by atoms with E-state index in [1.165, 1.54) is 0 Å². The zero-order valence-corrected chi connectivity index (χ0v) is 11.1. The second-order valence-corrected chi connectivity index (χ2v) is 5.53. The fraction of sp³-hybridized carbons (Fsp3) is 0.533. The molecule has 0 aliphatic heterocycles. The van der Waals surface area contributed by atoms with Crippen molar-refractivity contribution in [3.05, 3.63) is 29.3 Å². The van der Waals surface area contributed by atoms with E-state index in [1.807, 2.05) is 26.0 Å². The Bertz CT molecular complexity index is 428. The molecule has 1 saturated carbocycles. The number of amides is 1. The van der Waals surface area contributed by atoms with Crippen molar-refractivity contribution in [1.82, 2.24) is 0 Å². The zero-order chi connectivity index (χ0) is 13.2. The quantitative estimate of drug-likeness (QED) is 0.862. The standard InChI is InChI=1S/C15H21NO2/c1-11-7-12(2)9-13(8-11)16-14(17)10-15(18)5-3-4-6-15/h7-9,18H,3-6,10H2,1-2H3,(H,16,17). The minimum Gasteiger partial charge on any atom is -0.389 e. The van der Waals surface area contributed by atoms with Crippen LogP contribution in [0.5, 0.6) is 0 Å². The lowest BCUT2D eigenvalue weighted by Crippen LogP contribution is -2.30. The Morgan fingerprint density at radius 1 is 1.22 bits per heavy atom. The summed E-state index contributed by atoms with van der Waals surface area (Å²) >= 11 is 0. The normalized spacial score (nSPS) is 17.7. The van der Waals surface area contributed by atoms with Crippen LogP contribution in [0.4, 0.5) is 5.69 Å². The van der Waals surface area contributed by atoms with Gasteiger partial charge in [0.2, 0.25) is 5.91 Å². The van der Waals surface area contributed by atoms with Crippen LogP contribution in [-0.2, 0) is 4.79 Å². The molecule has 0 unspecified atom stereocenters. The molecule has 3 heteroatoms. The lowest BCUT2D eigenvalue weighted by atomic mass is 9.97. The Hall–Kier alpha value is -1.35. The van der Waals surface area contributed by atoms with E-state index >= 15 is 0 Å². The molecule has 0 saturated heterocycles. The van der Waals surface area contributed by atoms with E-state index < -0.39 is 5.60 Å². The van der Waals surface area contributed by atoms with Crippen molar-refractivity contribution in [2.75, 3.05) is 5.32 Å². The van der Waals surface area contributed by atoms with E-state index in [9.17, 15) is 9.90 Å². The van der Waals surface area contributed by atoms with E-state index in [4.69, 9.17) is 0 Å². The fourth-order valence-corrected chi connectivity index (χ4v) is 2.76. The van der Waals surface area contributed by atoms with E-state index in [2.05, 4.69) is 11.4 Å². The van der Waals surface area contributed by atoms with Crippen LogP contribution in [0.15, 0.2) is 18.2 Å². The predicted molar refractivity (Wildman–Crippen MR) is 72.6 cm³/mol.